The van der Waals surface area contributed by atoms with Gasteiger partial charge in [0.05, 0.1) is 12.7 Å². The molecule has 0 spiro atoms. The number of ether oxygens (including phenoxy) is 1. The van der Waals surface area contributed by atoms with Crippen molar-refractivity contribution in [2.24, 2.45) is 0 Å². The van der Waals surface area contributed by atoms with Gasteiger partial charge in [0.25, 0.3) is 5.91 Å². The Balaban J connectivity index is 2.23. The molecule has 10 heteroatoms. The lowest BCUT2D eigenvalue weighted by Gasteiger charge is -2.17. The third kappa shape index (κ3) is 5.02. The fraction of sp³-hybridized carbons (Fsp3) is 0.222. The lowest BCUT2D eigenvalue weighted by molar-refractivity contribution is -0.143. The zero-order chi connectivity index (χ0) is 21.1. The van der Waals surface area contributed by atoms with Crippen molar-refractivity contribution in [3.05, 3.63) is 70.5 Å². The molecule has 0 aliphatic carbocycles. The van der Waals surface area contributed by atoms with Crippen LogP contribution in [0.5, 0.6) is 0 Å². The summed E-state index contributed by atoms with van der Waals surface area (Å²) in [5, 5.41) is 2.04. The van der Waals surface area contributed by atoms with Crippen molar-refractivity contribution < 1.29 is 40.7 Å². The van der Waals surface area contributed by atoms with Crippen LogP contribution in [0.1, 0.15) is 21.5 Å². The number of nitrogens with one attached hydrogen (secondary N) is 1. The average molecular weight is 405 g/mol. The molecule has 0 heterocycles. The Morgan fingerprint density at radius 2 is 1.57 bits per heavy atom. The summed E-state index contributed by atoms with van der Waals surface area (Å²) < 4.78 is 82.7. The summed E-state index contributed by atoms with van der Waals surface area (Å²) in [6, 6.07) is 2.88. The number of esters is 1. The first kappa shape index (κ1) is 21.3. The molecule has 0 aliphatic heterocycles. The number of hydrogen-bond donors (Lipinski definition) is 1. The largest absolute Gasteiger partial charge is 0.467 e. The zero-order valence-corrected chi connectivity index (χ0v) is 14.2. The molecule has 0 saturated carbocycles. The minimum Gasteiger partial charge on any atom is -0.467 e. The van der Waals surface area contributed by atoms with Crippen LogP contribution in [0.3, 0.4) is 0 Å². The maximum absolute atomic E-state index is 13.7. The molecule has 1 N–H and O–H groups in total. The van der Waals surface area contributed by atoms with Crippen molar-refractivity contribution in [1.82, 2.24) is 5.32 Å². The van der Waals surface area contributed by atoms with Crippen LogP contribution in [0.25, 0.3) is 0 Å². The van der Waals surface area contributed by atoms with Crippen LogP contribution in [0.4, 0.5) is 26.3 Å². The van der Waals surface area contributed by atoms with Crippen molar-refractivity contribution in [3.63, 3.8) is 0 Å². The minimum absolute atomic E-state index is 0.226. The van der Waals surface area contributed by atoms with Crippen LogP contribution in [-0.2, 0) is 22.1 Å². The molecule has 0 unspecified atom stereocenters. The molecular formula is C18H13F6NO3. The van der Waals surface area contributed by atoms with Gasteiger partial charge in [0.2, 0.25) is 0 Å². The van der Waals surface area contributed by atoms with Crippen LogP contribution in [0, 0.1) is 17.5 Å². The molecule has 150 valence electrons. The van der Waals surface area contributed by atoms with E-state index in [2.05, 4.69) is 4.74 Å². The monoisotopic (exact) mass is 405 g/mol. The maximum atomic E-state index is 13.7. The first-order valence-electron chi connectivity index (χ1n) is 7.72. The van der Waals surface area contributed by atoms with Gasteiger partial charge in [-0.2, -0.15) is 13.2 Å². The van der Waals surface area contributed by atoms with Crippen LogP contribution in [0.15, 0.2) is 36.4 Å². The zero-order valence-electron chi connectivity index (χ0n) is 14.2. The van der Waals surface area contributed by atoms with Gasteiger partial charge < -0.3 is 10.1 Å². The molecule has 0 radical (unpaired) electrons. The van der Waals surface area contributed by atoms with E-state index in [-0.39, 0.29) is 12.0 Å². The number of alkyl halides is 3. The second kappa shape index (κ2) is 8.32. The number of hydrogen-bond acceptors (Lipinski definition) is 3. The van der Waals surface area contributed by atoms with Gasteiger partial charge >= 0.3 is 12.1 Å². The molecule has 4 nitrogen and oxygen atoms in total. The number of benzene rings is 2. The number of carbonyl (C=O) groups is 2. The highest BCUT2D eigenvalue weighted by molar-refractivity contribution is 5.97. The van der Waals surface area contributed by atoms with E-state index in [0.717, 1.165) is 31.4 Å². The van der Waals surface area contributed by atoms with Crippen molar-refractivity contribution >= 4 is 11.9 Å². The Kier molecular flexibility index (Phi) is 6.32. The predicted octanol–water partition coefficient (Wildman–Crippen LogP) is 3.64. The number of amides is 1. The smallest absolute Gasteiger partial charge is 0.416 e. The van der Waals surface area contributed by atoms with E-state index < -0.39 is 52.7 Å². The summed E-state index contributed by atoms with van der Waals surface area (Å²) in [5.41, 5.74) is -1.79. The predicted molar refractivity (Wildman–Crippen MR) is 84.7 cm³/mol. The Hall–Kier alpha value is -3.04. The molecule has 1 amide bonds. The molecule has 0 aromatic heterocycles. The van der Waals surface area contributed by atoms with E-state index in [4.69, 9.17) is 0 Å². The first-order valence-corrected chi connectivity index (χ1v) is 7.72. The molecule has 28 heavy (non-hydrogen) atoms. The van der Waals surface area contributed by atoms with Crippen molar-refractivity contribution in [1.29, 1.82) is 0 Å². The summed E-state index contributed by atoms with van der Waals surface area (Å²) >= 11 is 0. The summed E-state index contributed by atoms with van der Waals surface area (Å²) in [7, 11) is 0.993. The van der Waals surface area contributed by atoms with Gasteiger partial charge in [-0.15, -0.1) is 0 Å². The Bertz CT molecular complexity index is 857. The van der Waals surface area contributed by atoms with Gasteiger partial charge in [0.15, 0.2) is 0 Å². The summed E-state index contributed by atoms with van der Waals surface area (Å²) in [6.45, 7) is 0. The van der Waals surface area contributed by atoms with Crippen LogP contribution in [-0.4, -0.2) is 25.0 Å². The lowest BCUT2D eigenvalue weighted by atomic mass is 10.0. The topological polar surface area (TPSA) is 55.4 Å². The fourth-order valence-corrected chi connectivity index (χ4v) is 2.39. The third-order valence-corrected chi connectivity index (χ3v) is 3.75. The highest BCUT2D eigenvalue weighted by Crippen LogP contribution is 2.29. The normalized spacial score (nSPS) is 12.4. The van der Waals surface area contributed by atoms with Crippen molar-refractivity contribution in [2.45, 2.75) is 18.6 Å². The van der Waals surface area contributed by atoms with E-state index >= 15 is 0 Å². The second-order valence-electron chi connectivity index (χ2n) is 5.69. The van der Waals surface area contributed by atoms with Crippen molar-refractivity contribution in [2.75, 3.05) is 7.11 Å². The van der Waals surface area contributed by atoms with Gasteiger partial charge in [-0.05, 0) is 17.7 Å². The van der Waals surface area contributed by atoms with Crippen LogP contribution >= 0.6 is 0 Å². The molecule has 0 saturated heterocycles. The van der Waals surface area contributed by atoms with Crippen LogP contribution < -0.4 is 5.32 Å². The third-order valence-electron chi connectivity index (χ3n) is 3.75. The van der Waals surface area contributed by atoms with Gasteiger partial charge in [-0.25, -0.2) is 18.0 Å². The fourth-order valence-electron chi connectivity index (χ4n) is 2.39. The number of carbonyl (C=O) groups excluding carboxylic acids is 2. The van der Waals surface area contributed by atoms with E-state index in [1.54, 1.807) is 0 Å². The lowest BCUT2D eigenvalue weighted by Crippen LogP contribution is -2.43. The molecule has 2 aromatic rings. The molecule has 2 rings (SSSR count). The number of methoxy groups -OCH3 is 1. The number of halogens is 6. The second-order valence-corrected chi connectivity index (χ2v) is 5.69. The van der Waals surface area contributed by atoms with Crippen molar-refractivity contribution in [3.8, 4) is 0 Å². The van der Waals surface area contributed by atoms with Gasteiger partial charge in [-0.1, -0.05) is 12.1 Å². The van der Waals surface area contributed by atoms with E-state index in [1.165, 1.54) is 0 Å². The molecule has 0 bridgehead atoms. The molecule has 1 atom stereocenters. The maximum Gasteiger partial charge on any atom is 0.416 e. The SMILES string of the molecule is COC(=O)[C@H](Cc1ccc(C(F)(F)F)cc1)NC(=O)c1c(F)cc(F)cc1F. The highest BCUT2D eigenvalue weighted by atomic mass is 19.4. The minimum atomic E-state index is -4.55. The Labute approximate surface area is 155 Å². The van der Waals surface area contributed by atoms with Gasteiger partial charge in [-0.3, -0.25) is 4.79 Å². The van der Waals surface area contributed by atoms with Crippen LogP contribution in [0.2, 0.25) is 0 Å². The highest BCUT2D eigenvalue weighted by Gasteiger charge is 2.31. The molecular weight excluding hydrogens is 392 g/mol. The Morgan fingerprint density at radius 3 is 2.04 bits per heavy atom. The molecule has 2 aromatic carbocycles. The summed E-state index contributed by atoms with van der Waals surface area (Å²) in [6.07, 6.45) is -4.85. The van der Waals surface area contributed by atoms with Gasteiger partial charge in [0, 0.05) is 18.6 Å². The summed E-state index contributed by atoms with van der Waals surface area (Å²) in [5.74, 6) is -6.53. The van der Waals surface area contributed by atoms with E-state index in [9.17, 15) is 35.9 Å². The Morgan fingerprint density at radius 1 is 1.04 bits per heavy atom. The number of rotatable bonds is 5. The quantitative estimate of drug-likeness (QED) is 0.611. The standard InChI is InChI=1S/C18H13F6NO3/c1-28-17(27)14(6-9-2-4-10(5-3-9)18(22,23)24)25-16(26)15-12(20)7-11(19)8-13(15)21/h2-5,7-8,14H,6H2,1H3,(H,25,26)/t14-/m0/s1. The van der Waals surface area contributed by atoms with E-state index in [1.807, 2.05) is 5.32 Å². The molecule has 0 fully saturated rings. The molecule has 0 aliphatic rings. The van der Waals surface area contributed by atoms with E-state index in [0.29, 0.717) is 12.1 Å². The summed E-state index contributed by atoms with van der Waals surface area (Å²) in [4.78, 5) is 24.0. The average Bonchev–Trinajstić information content (AvgIpc) is 2.59. The van der Waals surface area contributed by atoms with Gasteiger partial charge in [0.1, 0.15) is 29.1 Å². The first-order chi connectivity index (χ1) is 13.0.